The fraction of sp³-hybridized carbons (Fsp3) is 0.964. The van der Waals surface area contributed by atoms with Gasteiger partial charge >= 0.3 is 0 Å². The summed E-state index contributed by atoms with van der Waals surface area (Å²) in [7, 11) is 1.74. The Hall–Kier alpha value is -0.450. The molecule has 4 aliphatic carbocycles. The molecule has 1 saturated heterocycles. The number of Topliss-reactive ketones (excluding diaryl/α,β-unsaturated/α-hetero) is 1. The predicted octanol–water partition coefficient (Wildman–Crippen LogP) is 5.75. The number of carbonyl (C=O) groups is 1. The van der Waals surface area contributed by atoms with E-state index < -0.39 is 0 Å². The van der Waals surface area contributed by atoms with Gasteiger partial charge in [-0.25, -0.2) is 0 Å². The van der Waals surface area contributed by atoms with Gasteiger partial charge in [-0.1, -0.05) is 34.6 Å². The highest BCUT2D eigenvalue weighted by Gasteiger charge is 2.71. The second-order valence-corrected chi connectivity index (χ2v) is 13.7. The van der Waals surface area contributed by atoms with Crippen molar-refractivity contribution < 1.29 is 19.4 Å². The number of hydrogen-bond donors (Lipinski definition) is 1. The minimum atomic E-state index is -0.288. The molecule has 182 valence electrons. The van der Waals surface area contributed by atoms with Crippen molar-refractivity contribution in [3.8, 4) is 0 Å². The number of rotatable bonds is 2. The molecular weight excluding hydrogens is 400 g/mol. The van der Waals surface area contributed by atoms with Crippen LogP contribution in [0.2, 0.25) is 0 Å². The third-order valence-corrected chi connectivity index (χ3v) is 12.5. The zero-order chi connectivity index (χ0) is 23.3. The molecule has 4 heteroatoms. The van der Waals surface area contributed by atoms with Crippen molar-refractivity contribution in [1.82, 2.24) is 0 Å². The van der Waals surface area contributed by atoms with Gasteiger partial charge in [-0.3, -0.25) is 4.79 Å². The zero-order valence-electron chi connectivity index (χ0n) is 21.5. The van der Waals surface area contributed by atoms with Gasteiger partial charge < -0.3 is 14.6 Å². The fourth-order valence-corrected chi connectivity index (χ4v) is 10.5. The summed E-state index contributed by atoms with van der Waals surface area (Å²) in [5, 5.41) is 11.8. The number of ketones is 1. The minimum absolute atomic E-state index is 0.104. The first kappa shape index (κ1) is 23.3. The fourth-order valence-electron chi connectivity index (χ4n) is 10.5. The van der Waals surface area contributed by atoms with Crippen molar-refractivity contribution >= 4 is 5.78 Å². The summed E-state index contributed by atoms with van der Waals surface area (Å²) in [5.74, 6) is 2.01. The van der Waals surface area contributed by atoms with E-state index in [1.807, 2.05) is 0 Å². The van der Waals surface area contributed by atoms with Crippen molar-refractivity contribution in [1.29, 1.82) is 0 Å². The summed E-state index contributed by atoms with van der Waals surface area (Å²) < 4.78 is 12.0. The smallest absolute Gasteiger partial charge is 0.158 e. The molecule has 0 bridgehead atoms. The third kappa shape index (κ3) is 2.75. The van der Waals surface area contributed by atoms with Crippen LogP contribution in [0, 0.1) is 45.3 Å². The summed E-state index contributed by atoms with van der Waals surface area (Å²) in [5.41, 5.74) is -0.00430. The third-order valence-electron chi connectivity index (χ3n) is 12.5. The Labute approximate surface area is 195 Å². The SMILES string of the molecule is CO[C@@H]1CC[C@@](C)([C@H]2CC[C@]3(C)[C@@H]2[C@H](O)C[C@@H]2[C@@]4(C)CCC(=O)C(C)(C)[C@@H]4CC[C@]23C)O1. The summed E-state index contributed by atoms with van der Waals surface area (Å²) >= 11 is 0. The van der Waals surface area contributed by atoms with Crippen LogP contribution in [-0.4, -0.2) is 36.0 Å². The molecule has 0 aromatic heterocycles. The van der Waals surface area contributed by atoms with E-state index in [0.29, 0.717) is 30.0 Å². The van der Waals surface area contributed by atoms with Crippen LogP contribution in [-0.2, 0) is 14.3 Å². The lowest BCUT2D eigenvalue weighted by atomic mass is 9.35. The highest BCUT2D eigenvalue weighted by Crippen LogP contribution is 2.75. The number of carbonyl (C=O) groups excluding carboxylic acids is 1. The number of aliphatic hydroxyl groups is 1. The van der Waals surface area contributed by atoms with Crippen LogP contribution in [0.3, 0.4) is 0 Å². The van der Waals surface area contributed by atoms with Crippen LogP contribution in [0.4, 0.5) is 0 Å². The van der Waals surface area contributed by atoms with E-state index in [-0.39, 0.29) is 45.6 Å². The molecule has 5 rings (SSSR count). The lowest BCUT2D eigenvalue weighted by molar-refractivity contribution is -0.238. The Morgan fingerprint density at radius 2 is 1.59 bits per heavy atom. The maximum absolute atomic E-state index is 12.9. The average molecular weight is 447 g/mol. The van der Waals surface area contributed by atoms with E-state index in [4.69, 9.17) is 9.47 Å². The van der Waals surface area contributed by atoms with Gasteiger partial charge in [0.1, 0.15) is 5.78 Å². The maximum atomic E-state index is 12.9. The molecule has 5 aliphatic rings. The number of methoxy groups -OCH3 is 1. The van der Waals surface area contributed by atoms with Gasteiger partial charge in [-0.15, -0.1) is 0 Å². The van der Waals surface area contributed by atoms with Gasteiger partial charge in [0.05, 0.1) is 11.7 Å². The van der Waals surface area contributed by atoms with Crippen LogP contribution in [0.1, 0.15) is 99.3 Å². The summed E-state index contributed by atoms with van der Waals surface area (Å²) in [6, 6.07) is 0. The first-order valence-electron chi connectivity index (χ1n) is 13.3. The van der Waals surface area contributed by atoms with Crippen molar-refractivity contribution in [2.45, 2.75) is 117 Å². The molecule has 0 unspecified atom stereocenters. The van der Waals surface area contributed by atoms with Gasteiger partial charge in [0, 0.05) is 25.4 Å². The molecular formula is C28H46O4. The van der Waals surface area contributed by atoms with Crippen molar-refractivity contribution in [3.05, 3.63) is 0 Å². The van der Waals surface area contributed by atoms with E-state index in [1.165, 1.54) is 12.8 Å². The second-order valence-electron chi connectivity index (χ2n) is 13.7. The van der Waals surface area contributed by atoms with Crippen LogP contribution >= 0.6 is 0 Å². The molecule has 4 saturated carbocycles. The summed E-state index contributed by atoms with van der Waals surface area (Å²) in [6.45, 7) is 14.2. The number of fused-ring (bicyclic) bond motifs is 5. The average Bonchev–Trinajstić information content (AvgIpc) is 3.30. The Kier molecular flexibility index (Phi) is 5.13. The molecule has 1 heterocycles. The first-order chi connectivity index (χ1) is 14.8. The van der Waals surface area contributed by atoms with Crippen LogP contribution in [0.5, 0.6) is 0 Å². The number of ether oxygens (including phenoxy) is 2. The van der Waals surface area contributed by atoms with Gasteiger partial charge in [-0.2, -0.15) is 0 Å². The van der Waals surface area contributed by atoms with Crippen molar-refractivity contribution in [2.24, 2.45) is 45.3 Å². The molecule has 1 aliphatic heterocycles. The van der Waals surface area contributed by atoms with Crippen LogP contribution in [0.25, 0.3) is 0 Å². The van der Waals surface area contributed by atoms with Gasteiger partial charge in [0.25, 0.3) is 0 Å². The van der Waals surface area contributed by atoms with E-state index >= 15 is 0 Å². The molecule has 1 N–H and O–H groups in total. The Balaban J connectivity index is 1.51. The minimum Gasteiger partial charge on any atom is -0.393 e. The molecule has 0 radical (unpaired) electrons. The largest absolute Gasteiger partial charge is 0.393 e. The van der Waals surface area contributed by atoms with Crippen molar-refractivity contribution in [2.75, 3.05) is 7.11 Å². The van der Waals surface area contributed by atoms with Gasteiger partial charge in [0.2, 0.25) is 0 Å². The molecule has 0 spiro atoms. The predicted molar refractivity (Wildman–Crippen MR) is 125 cm³/mol. The van der Waals surface area contributed by atoms with Crippen molar-refractivity contribution in [3.63, 3.8) is 0 Å². The standard InChI is InChI=1S/C28H46O4/c1-24(2)19-9-14-26(4)20(25(19,3)12-10-21(24)30)16-18(29)23-17(8-13-27(23,26)5)28(6)15-11-22(31-7)32-28/h17-20,22-23,29H,8-16H2,1-7H3/t17-,18+,19-,20+,22-,23-,25-,26+,27+,28-/m0/s1. The zero-order valence-corrected chi connectivity index (χ0v) is 21.5. The number of hydrogen-bond acceptors (Lipinski definition) is 4. The Morgan fingerprint density at radius 1 is 0.906 bits per heavy atom. The number of aliphatic hydroxyl groups excluding tert-OH is 1. The monoisotopic (exact) mass is 446 g/mol. The Morgan fingerprint density at radius 3 is 2.25 bits per heavy atom. The first-order valence-corrected chi connectivity index (χ1v) is 13.3. The molecule has 5 fully saturated rings. The van der Waals surface area contributed by atoms with Crippen LogP contribution in [0.15, 0.2) is 0 Å². The molecule has 0 aromatic carbocycles. The van der Waals surface area contributed by atoms with Crippen LogP contribution < -0.4 is 0 Å². The summed E-state index contributed by atoms with van der Waals surface area (Å²) in [6.07, 6.45) is 8.79. The molecule has 4 nitrogen and oxygen atoms in total. The van der Waals surface area contributed by atoms with E-state index in [2.05, 4.69) is 41.5 Å². The van der Waals surface area contributed by atoms with E-state index in [9.17, 15) is 9.90 Å². The molecule has 0 aromatic rings. The molecule has 10 atom stereocenters. The van der Waals surface area contributed by atoms with Gasteiger partial charge in [-0.05, 0) is 91.8 Å². The lowest BCUT2D eigenvalue weighted by Gasteiger charge is -2.69. The van der Waals surface area contributed by atoms with E-state index in [1.54, 1.807) is 7.11 Å². The van der Waals surface area contributed by atoms with E-state index in [0.717, 1.165) is 38.5 Å². The molecule has 32 heavy (non-hydrogen) atoms. The van der Waals surface area contributed by atoms with Gasteiger partial charge in [0.15, 0.2) is 6.29 Å². The second kappa shape index (κ2) is 7.04. The quantitative estimate of drug-likeness (QED) is 0.586. The lowest BCUT2D eigenvalue weighted by Crippen LogP contribution is -2.66. The maximum Gasteiger partial charge on any atom is 0.158 e. The Bertz CT molecular complexity index is 792. The normalized spacial score (nSPS) is 57.1. The summed E-state index contributed by atoms with van der Waals surface area (Å²) in [4.78, 5) is 12.9. The molecule has 0 amide bonds. The highest BCUT2D eigenvalue weighted by atomic mass is 16.7. The highest BCUT2D eigenvalue weighted by molar-refractivity contribution is 5.85. The topological polar surface area (TPSA) is 55.8 Å².